The number of hydrogen-bond donors (Lipinski definition) is 0. The van der Waals surface area contributed by atoms with E-state index in [9.17, 15) is 14.4 Å². The van der Waals surface area contributed by atoms with Crippen molar-refractivity contribution in [2.75, 3.05) is 19.7 Å². The molecule has 1 unspecified atom stereocenters. The maximum Gasteiger partial charge on any atom is 0.410 e. The molecule has 0 aromatic heterocycles. The molecule has 1 aliphatic rings. The molecule has 6 nitrogen and oxygen atoms in total. The van der Waals surface area contributed by atoms with Crippen LogP contribution in [-0.4, -0.2) is 48.0 Å². The molecule has 0 N–H and O–H groups in total. The summed E-state index contributed by atoms with van der Waals surface area (Å²) in [6.45, 7) is 7.91. The van der Waals surface area contributed by atoms with E-state index in [-0.39, 0.29) is 44.2 Å². The van der Waals surface area contributed by atoms with Gasteiger partial charge in [-0.3, -0.25) is 9.59 Å². The van der Waals surface area contributed by atoms with E-state index >= 15 is 0 Å². The van der Waals surface area contributed by atoms with Crippen molar-refractivity contribution in [2.45, 2.75) is 46.1 Å². The minimum Gasteiger partial charge on any atom is -0.465 e. The van der Waals surface area contributed by atoms with Crippen LogP contribution >= 0.6 is 12.4 Å². The van der Waals surface area contributed by atoms with Crippen LogP contribution in [0.5, 0.6) is 0 Å². The third kappa shape index (κ3) is 6.33. The highest BCUT2D eigenvalue weighted by Crippen LogP contribution is 2.18. The lowest BCUT2D eigenvalue weighted by Crippen LogP contribution is -2.37. The van der Waals surface area contributed by atoms with E-state index in [1.54, 1.807) is 27.7 Å². The molecule has 7 heteroatoms. The topological polar surface area (TPSA) is 72.9 Å². The number of esters is 1. The van der Waals surface area contributed by atoms with Crippen LogP contribution in [0, 0.1) is 5.92 Å². The Hall–Kier alpha value is -1.30. The minimum atomic E-state index is -0.762. The first-order valence-electron chi connectivity index (χ1n) is 6.92. The fourth-order valence-electron chi connectivity index (χ4n) is 1.98. The number of amides is 1. The first-order valence-corrected chi connectivity index (χ1v) is 6.92. The highest BCUT2D eigenvalue weighted by molar-refractivity contribution is 5.99. The van der Waals surface area contributed by atoms with Crippen LogP contribution in [0.3, 0.4) is 0 Å². The maximum absolute atomic E-state index is 12.0. The molecule has 1 saturated heterocycles. The van der Waals surface area contributed by atoms with Crippen molar-refractivity contribution in [3.63, 3.8) is 0 Å². The van der Waals surface area contributed by atoms with Gasteiger partial charge >= 0.3 is 12.1 Å². The number of likely N-dealkylation sites (tertiary alicyclic amines) is 1. The van der Waals surface area contributed by atoms with Crippen LogP contribution in [0.4, 0.5) is 4.79 Å². The van der Waals surface area contributed by atoms with Gasteiger partial charge in [-0.05, 0) is 34.1 Å². The number of ether oxygens (including phenoxy) is 2. The second kappa shape index (κ2) is 8.22. The Morgan fingerprint density at radius 1 is 1.29 bits per heavy atom. The van der Waals surface area contributed by atoms with Gasteiger partial charge in [0.15, 0.2) is 0 Å². The van der Waals surface area contributed by atoms with E-state index in [0.29, 0.717) is 6.54 Å². The highest BCUT2D eigenvalue weighted by atomic mass is 35.5. The van der Waals surface area contributed by atoms with Gasteiger partial charge in [-0.15, -0.1) is 12.4 Å². The molecule has 0 radical (unpaired) electrons. The summed E-state index contributed by atoms with van der Waals surface area (Å²) in [5.41, 5.74) is -0.575. The smallest absolute Gasteiger partial charge is 0.410 e. The number of Topliss-reactive ketones (excluding diaryl/α,β-unsaturated/α-hetero) is 1. The molecule has 1 rings (SSSR count). The monoisotopic (exact) mass is 321 g/mol. The molecule has 0 bridgehead atoms. The predicted molar refractivity (Wildman–Crippen MR) is 79.4 cm³/mol. The SMILES string of the molecule is CCOC(=O)C1CCN(C(=O)OC(C)(C)C)CCC1=O.Cl. The molecule has 1 amide bonds. The third-order valence-corrected chi connectivity index (χ3v) is 2.93. The lowest BCUT2D eigenvalue weighted by Gasteiger charge is -2.26. The summed E-state index contributed by atoms with van der Waals surface area (Å²) < 4.78 is 10.2. The highest BCUT2D eigenvalue weighted by Gasteiger charge is 2.33. The summed E-state index contributed by atoms with van der Waals surface area (Å²) in [5.74, 6) is -1.43. The van der Waals surface area contributed by atoms with Crippen LogP contribution in [0.2, 0.25) is 0 Å². The van der Waals surface area contributed by atoms with Crippen molar-refractivity contribution in [2.24, 2.45) is 5.92 Å². The Bertz CT molecular complexity index is 391. The van der Waals surface area contributed by atoms with Gasteiger partial charge in [-0.2, -0.15) is 0 Å². The number of nitrogens with zero attached hydrogens (tertiary/aromatic N) is 1. The van der Waals surface area contributed by atoms with Gasteiger partial charge in [0, 0.05) is 19.5 Å². The second-order valence-electron chi connectivity index (χ2n) is 5.78. The zero-order chi connectivity index (χ0) is 15.3. The van der Waals surface area contributed by atoms with E-state index in [4.69, 9.17) is 9.47 Å². The van der Waals surface area contributed by atoms with Gasteiger partial charge < -0.3 is 14.4 Å². The van der Waals surface area contributed by atoms with Crippen molar-refractivity contribution >= 4 is 30.3 Å². The van der Waals surface area contributed by atoms with Crippen molar-refractivity contribution < 1.29 is 23.9 Å². The van der Waals surface area contributed by atoms with E-state index in [2.05, 4.69) is 0 Å². The summed E-state index contributed by atoms with van der Waals surface area (Å²) in [6.07, 6.45) is -0.00517. The molecule has 0 aromatic carbocycles. The van der Waals surface area contributed by atoms with E-state index in [0.717, 1.165) is 0 Å². The van der Waals surface area contributed by atoms with Crippen LogP contribution in [0.15, 0.2) is 0 Å². The fraction of sp³-hybridized carbons (Fsp3) is 0.786. The van der Waals surface area contributed by atoms with Crippen molar-refractivity contribution in [3.8, 4) is 0 Å². The third-order valence-electron chi connectivity index (χ3n) is 2.93. The maximum atomic E-state index is 12.0. The zero-order valence-corrected chi connectivity index (χ0v) is 13.8. The largest absolute Gasteiger partial charge is 0.465 e. The van der Waals surface area contributed by atoms with Crippen LogP contribution < -0.4 is 0 Å². The number of carbonyl (C=O) groups excluding carboxylic acids is 3. The summed E-state index contributed by atoms with van der Waals surface area (Å²) >= 11 is 0. The summed E-state index contributed by atoms with van der Waals surface area (Å²) in [6, 6.07) is 0. The first kappa shape index (κ1) is 19.7. The van der Waals surface area contributed by atoms with Gasteiger partial charge in [0.05, 0.1) is 6.61 Å². The molecule has 0 aliphatic carbocycles. The van der Waals surface area contributed by atoms with Crippen molar-refractivity contribution in [1.82, 2.24) is 4.90 Å². The summed E-state index contributed by atoms with van der Waals surface area (Å²) in [5, 5.41) is 0. The van der Waals surface area contributed by atoms with Crippen molar-refractivity contribution in [3.05, 3.63) is 0 Å². The predicted octanol–water partition coefficient (Wildman–Crippen LogP) is 2.19. The van der Waals surface area contributed by atoms with Gasteiger partial charge in [-0.25, -0.2) is 4.79 Å². The Balaban J connectivity index is 0.00000400. The molecule has 1 aliphatic heterocycles. The lowest BCUT2D eigenvalue weighted by molar-refractivity contribution is -0.151. The molecule has 21 heavy (non-hydrogen) atoms. The summed E-state index contributed by atoms with van der Waals surface area (Å²) in [4.78, 5) is 37.0. The van der Waals surface area contributed by atoms with Crippen LogP contribution in [-0.2, 0) is 19.1 Å². The number of halogens is 1. The molecule has 1 atom stereocenters. The zero-order valence-electron chi connectivity index (χ0n) is 13.0. The molecule has 0 spiro atoms. The first-order chi connectivity index (χ1) is 9.24. The number of rotatable bonds is 2. The molecule has 122 valence electrons. The van der Waals surface area contributed by atoms with Crippen molar-refractivity contribution in [1.29, 1.82) is 0 Å². The van der Waals surface area contributed by atoms with Gasteiger partial charge in [0.1, 0.15) is 17.3 Å². The molecular weight excluding hydrogens is 298 g/mol. The van der Waals surface area contributed by atoms with Crippen LogP contribution in [0.1, 0.15) is 40.5 Å². The molecule has 0 saturated carbocycles. The Morgan fingerprint density at radius 2 is 1.90 bits per heavy atom. The molecular formula is C14H24ClNO5. The average Bonchev–Trinajstić information content (AvgIpc) is 2.49. The van der Waals surface area contributed by atoms with Gasteiger partial charge in [-0.1, -0.05) is 0 Å². The second-order valence-corrected chi connectivity index (χ2v) is 5.78. The van der Waals surface area contributed by atoms with E-state index in [1.807, 2.05) is 0 Å². The molecule has 0 aromatic rings. The Morgan fingerprint density at radius 3 is 2.43 bits per heavy atom. The van der Waals surface area contributed by atoms with Crippen LogP contribution in [0.25, 0.3) is 0 Å². The van der Waals surface area contributed by atoms with Gasteiger partial charge in [0.2, 0.25) is 0 Å². The lowest BCUT2D eigenvalue weighted by atomic mass is 10.00. The molecule has 1 fully saturated rings. The quantitative estimate of drug-likeness (QED) is 0.576. The summed E-state index contributed by atoms with van der Waals surface area (Å²) in [7, 11) is 0. The van der Waals surface area contributed by atoms with E-state index in [1.165, 1.54) is 4.90 Å². The molecule has 1 heterocycles. The number of hydrogen-bond acceptors (Lipinski definition) is 5. The number of ketones is 1. The fourth-order valence-corrected chi connectivity index (χ4v) is 1.98. The van der Waals surface area contributed by atoms with E-state index < -0.39 is 23.6 Å². The average molecular weight is 322 g/mol. The standard InChI is InChI=1S/C14H23NO5.ClH/c1-5-19-12(17)10-6-8-15(9-7-11(10)16)13(18)20-14(2,3)4;/h10H,5-9H2,1-4H3;1H. The minimum absolute atomic E-state index is 0. The number of carbonyl (C=O) groups is 3. The van der Waals surface area contributed by atoms with Gasteiger partial charge in [0.25, 0.3) is 0 Å². The normalized spacial score (nSPS) is 19.3. The Kier molecular flexibility index (Phi) is 7.71. The Labute approximate surface area is 131 Å².